The molecular formula is C23H26. The van der Waals surface area contributed by atoms with Gasteiger partial charge in [-0.05, 0) is 51.8 Å². The first-order valence-electron chi connectivity index (χ1n) is 8.61. The third-order valence-electron chi connectivity index (χ3n) is 4.64. The van der Waals surface area contributed by atoms with E-state index < -0.39 is 0 Å². The number of aryl methyl sites for hydroxylation is 1. The summed E-state index contributed by atoms with van der Waals surface area (Å²) in [5.74, 6) is 1.06. The largest absolute Gasteiger partial charge is 0.0616 e. The fraction of sp³-hybridized carbons (Fsp3) is 0.304. The minimum absolute atomic E-state index is 0.516. The molecule has 0 spiro atoms. The molecule has 3 rings (SSSR count). The van der Waals surface area contributed by atoms with Crippen molar-refractivity contribution < 1.29 is 0 Å². The lowest BCUT2D eigenvalue weighted by Gasteiger charge is -2.22. The van der Waals surface area contributed by atoms with Crippen LogP contribution < -0.4 is 0 Å². The van der Waals surface area contributed by atoms with Crippen LogP contribution in [0.1, 0.15) is 56.2 Å². The summed E-state index contributed by atoms with van der Waals surface area (Å²) in [6.45, 7) is 11.4. The highest BCUT2D eigenvalue weighted by Gasteiger charge is 2.17. The molecule has 0 bridgehead atoms. The zero-order chi connectivity index (χ0) is 16.6. The van der Waals surface area contributed by atoms with E-state index in [2.05, 4.69) is 89.2 Å². The normalized spacial score (nSPS) is 11.6. The number of hydrogen-bond acceptors (Lipinski definition) is 0. The number of rotatable bonds is 3. The van der Waals surface area contributed by atoms with Crippen LogP contribution in [0.5, 0.6) is 0 Å². The maximum absolute atomic E-state index is 2.37. The van der Waals surface area contributed by atoms with Crippen LogP contribution in [0, 0.1) is 6.92 Å². The SMILES string of the molecule is Cc1cc(-c2cccc3ccccc23)c(C(C)C)c(C(C)C)c1. The van der Waals surface area contributed by atoms with Gasteiger partial charge in [0.25, 0.3) is 0 Å². The first-order valence-corrected chi connectivity index (χ1v) is 8.61. The fourth-order valence-corrected chi connectivity index (χ4v) is 3.63. The number of benzene rings is 3. The summed E-state index contributed by atoms with van der Waals surface area (Å²) in [7, 11) is 0. The Morgan fingerprint density at radius 3 is 2.09 bits per heavy atom. The second kappa shape index (κ2) is 6.20. The maximum Gasteiger partial charge on any atom is -0.0102 e. The molecule has 0 radical (unpaired) electrons. The van der Waals surface area contributed by atoms with Crippen LogP contribution >= 0.6 is 0 Å². The molecule has 0 saturated carbocycles. The summed E-state index contributed by atoms with van der Waals surface area (Å²) < 4.78 is 0. The third kappa shape index (κ3) is 2.91. The molecule has 0 aromatic heterocycles. The first-order chi connectivity index (χ1) is 11.0. The standard InChI is InChI=1S/C23H26/c1-15(2)21-13-17(5)14-22(23(21)16(3)4)20-12-8-10-18-9-6-7-11-19(18)20/h6-16H,1-5H3. The zero-order valence-corrected chi connectivity index (χ0v) is 14.9. The molecule has 0 unspecified atom stereocenters. The summed E-state index contributed by atoms with van der Waals surface area (Å²) in [5.41, 5.74) is 7.10. The van der Waals surface area contributed by atoms with Gasteiger partial charge in [-0.15, -0.1) is 0 Å². The van der Waals surface area contributed by atoms with Gasteiger partial charge in [-0.25, -0.2) is 0 Å². The molecule has 3 aromatic carbocycles. The van der Waals surface area contributed by atoms with Gasteiger partial charge in [-0.1, -0.05) is 87.9 Å². The summed E-state index contributed by atoms with van der Waals surface area (Å²) in [4.78, 5) is 0. The van der Waals surface area contributed by atoms with Crippen LogP contribution in [0.3, 0.4) is 0 Å². The summed E-state index contributed by atoms with van der Waals surface area (Å²) in [5, 5.41) is 2.66. The summed E-state index contributed by atoms with van der Waals surface area (Å²) in [6.07, 6.45) is 0. The molecule has 3 aromatic rings. The van der Waals surface area contributed by atoms with Gasteiger partial charge in [-0.3, -0.25) is 0 Å². The minimum atomic E-state index is 0.516. The molecule has 0 aliphatic heterocycles. The Bertz CT molecular complexity index is 833. The lowest BCUT2D eigenvalue weighted by atomic mass is 9.82. The Labute approximate surface area is 140 Å². The molecule has 0 heterocycles. The van der Waals surface area contributed by atoms with Crippen molar-refractivity contribution >= 4 is 10.8 Å². The van der Waals surface area contributed by atoms with Crippen molar-refractivity contribution in [2.45, 2.75) is 46.5 Å². The van der Waals surface area contributed by atoms with Crippen molar-refractivity contribution in [2.75, 3.05) is 0 Å². The Balaban J connectivity index is 2.38. The van der Waals surface area contributed by atoms with Crippen molar-refractivity contribution in [1.82, 2.24) is 0 Å². The molecular weight excluding hydrogens is 276 g/mol. The van der Waals surface area contributed by atoms with Crippen molar-refractivity contribution in [3.63, 3.8) is 0 Å². The van der Waals surface area contributed by atoms with E-state index >= 15 is 0 Å². The van der Waals surface area contributed by atoms with Gasteiger partial charge in [0.1, 0.15) is 0 Å². The molecule has 0 atom stereocenters. The molecule has 0 N–H and O–H groups in total. The lowest BCUT2D eigenvalue weighted by molar-refractivity contribution is 0.791. The second-order valence-corrected chi connectivity index (χ2v) is 7.15. The zero-order valence-electron chi connectivity index (χ0n) is 14.9. The predicted octanol–water partition coefficient (Wildman–Crippen LogP) is 7.06. The first kappa shape index (κ1) is 15.8. The van der Waals surface area contributed by atoms with Crippen molar-refractivity contribution in [3.05, 3.63) is 71.3 Å². The molecule has 23 heavy (non-hydrogen) atoms. The maximum atomic E-state index is 2.37. The van der Waals surface area contributed by atoms with Crippen LogP contribution in [0.25, 0.3) is 21.9 Å². The van der Waals surface area contributed by atoms with Crippen LogP contribution in [0.2, 0.25) is 0 Å². The van der Waals surface area contributed by atoms with Crippen LogP contribution in [-0.4, -0.2) is 0 Å². The van der Waals surface area contributed by atoms with Crippen LogP contribution in [0.4, 0.5) is 0 Å². The van der Waals surface area contributed by atoms with Gasteiger partial charge in [0, 0.05) is 0 Å². The van der Waals surface area contributed by atoms with Gasteiger partial charge in [0.15, 0.2) is 0 Å². The highest BCUT2D eigenvalue weighted by Crippen LogP contribution is 2.39. The summed E-state index contributed by atoms with van der Waals surface area (Å²) >= 11 is 0. The molecule has 118 valence electrons. The Morgan fingerprint density at radius 1 is 0.696 bits per heavy atom. The molecule has 0 heteroatoms. The Kier molecular flexibility index (Phi) is 4.26. The lowest BCUT2D eigenvalue weighted by Crippen LogP contribution is -2.03. The molecule has 0 fully saturated rings. The van der Waals surface area contributed by atoms with Crippen molar-refractivity contribution in [1.29, 1.82) is 0 Å². The monoisotopic (exact) mass is 302 g/mol. The van der Waals surface area contributed by atoms with E-state index in [1.807, 2.05) is 0 Å². The third-order valence-corrected chi connectivity index (χ3v) is 4.64. The van der Waals surface area contributed by atoms with E-state index in [4.69, 9.17) is 0 Å². The van der Waals surface area contributed by atoms with E-state index in [9.17, 15) is 0 Å². The smallest absolute Gasteiger partial charge is 0.0102 e. The Morgan fingerprint density at radius 2 is 1.39 bits per heavy atom. The van der Waals surface area contributed by atoms with Gasteiger partial charge in [0.2, 0.25) is 0 Å². The summed E-state index contributed by atoms with van der Waals surface area (Å²) in [6, 6.07) is 20.1. The predicted molar refractivity (Wildman–Crippen MR) is 102 cm³/mol. The highest BCUT2D eigenvalue weighted by molar-refractivity contribution is 5.97. The second-order valence-electron chi connectivity index (χ2n) is 7.15. The van der Waals surface area contributed by atoms with Crippen molar-refractivity contribution in [3.8, 4) is 11.1 Å². The van der Waals surface area contributed by atoms with E-state index in [1.54, 1.807) is 0 Å². The highest BCUT2D eigenvalue weighted by atomic mass is 14.2. The van der Waals surface area contributed by atoms with Crippen molar-refractivity contribution in [2.24, 2.45) is 0 Å². The quantitative estimate of drug-likeness (QED) is 0.485. The fourth-order valence-electron chi connectivity index (χ4n) is 3.63. The van der Waals surface area contributed by atoms with Gasteiger partial charge < -0.3 is 0 Å². The average Bonchev–Trinajstić information content (AvgIpc) is 2.53. The molecule has 0 amide bonds. The van der Waals surface area contributed by atoms with Gasteiger partial charge >= 0.3 is 0 Å². The van der Waals surface area contributed by atoms with Crippen LogP contribution in [-0.2, 0) is 0 Å². The van der Waals surface area contributed by atoms with E-state index in [0.29, 0.717) is 11.8 Å². The van der Waals surface area contributed by atoms with E-state index in [-0.39, 0.29) is 0 Å². The molecule has 0 aliphatic carbocycles. The Hall–Kier alpha value is -2.08. The molecule has 0 nitrogen and oxygen atoms in total. The average molecular weight is 302 g/mol. The molecule has 0 saturated heterocycles. The van der Waals surface area contributed by atoms with Gasteiger partial charge in [-0.2, -0.15) is 0 Å². The van der Waals surface area contributed by atoms with Gasteiger partial charge in [0.05, 0.1) is 0 Å². The minimum Gasteiger partial charge on any atom is -0.0616 e. The number of hydrogen-bond donors (Lipinski definition) is 0. The van der Waals surface area contributed by atoms with E-state index in [0.717, 1.165) is 0 Å². The van der Waals surface area contributed by atoms with Crippen LogP contribution in [0.15, 0.2) is 54.6 Å². The number of fused-ring (bicyclic) bond motifs is 1. The molecule has 0 aliphatic rings. The van der Waals surface area contributed by atoms with E-state index in [1.165, 1.54) is 38.6 Å². The topological polar surface area (TPSA) is 0 Å².